The van der Waals surface area contributed by atoms with E-state index in [4.69, 9.17) is 4.74 Å². The van der Waals surface area contributed by atoms with Crippen LogP contribution in [0.25, 0.3) is 0 Å². The first-order valence-electron chi connectivity index (χ1n) is 7.67. The quantitative estimate of drug-likeness (QED) is 0.880. The molecule has 126 valence electrons. The van der Waals surface area contributed by atoms with Crippen molar-refractivity contribution in [2.75, 3.05) is 31.2 Å². The summed E-state index contributed by atoms with van der Waals surface area (Å²) in [5.74, 6) is -1.15. The molecule has 2 aliphatic heterocycles. The molecule has 0 aliphatic carbocycles. The van der Waals surface area contributed by atoms with Gasteiger partial charge in [-0.3, -0.25) is 10.1 Å². The summed E-state index contributed by atoms with van der Waals surface area (Å²) in [4.78, 5) is 13.3. The van der Waals surface area contributed by atoms with E-state index in [0.29, 0.717) is 32.0 Å². The molecule has 2 atom stereocenters. The number of thioether (sulfide) groups is 1. The number of hydrogen-bond acceptors (Lipinski definition) is 5. The van der Waals surface area contributed by atoms with Crippen molar-refractivity contribution in [2.24, 2.45) is 0 Å². The molecule has 0 bridgehead atoms. The van der Waals surface area contributed by atoms with Gasteiger partial charge in [0.1, 0.15) is 11.9 Å². The summed E-state index contributed by atoms with van der Waals surface area (Å²) in [7, 11) is 0. The van der Waals surface area contributed by atoms with Gasteiger partial charge < -0.3 is 14.7 Å². The second kappa shape index (κ2) is 6.30. The first-order chi connectivity index (χ1) is 10.9. The minimum absolute atomic E-state index is 0.223. The maximum atomic E-state index is 14.5. The molecule has 7 heteroatoms. The smallest absolute Gasteiger partial charge is 0.322 e. The van der Waals surface area contributed by atoms with Gasteiger partial charge in [0.05, 0.1) is 24.3 Å². The van der Waals surface area contributed by atoms with E-state index in [1.165, 1.54) is 17.8 Å². The molecule has 2 heterocycles. The number of morpholine rings is 1. The van der Waals surface area contributed by atoms with Crippen LogP contribution in [0.5, 0.6) is 0 Å². The van der Waals surface area contributed by atoms with Crippen molar-refractivity contribution in [3.63, 3.8) is 0 Å². The second-order valence-electron chi connectivity index (χ2n) is 6.35. The number of carboxylic acid groups (broad SMARTS) is 1. The first-order valence-corrected chi connectivity index (χ1v) is 8.55. The summed E-state index contributed by atoms with van der Waals surface area (Å²) in [6, 6.07) is 4.51. The maximum Gasteiger partial charge on any atom is 0.322 e. The van der Waals surface area contributed by atoms with Crippen molar-refractivity contribution in [2.45, 2.75) is 30.0 Å². The SMILES string of the molecule is CC1(C)SC(c2ccc(N3CCOCC3)c(F)c2)N[C@H]1C(=O)O. The Morgan fingerprint density at radius 3 is 2.70 bits per heavy atom. The normalized spacial score (nSPS) is 27.2. The number of nitrogens with one attached hydrogen (secondary N) is 1. The van der Waals surface area contributed by atoms with Crippen molar-refractivity contribution < 1.29 is 19.0 Å². The molecule has 23 heavy (non-hydrogen) atoms. The van der Waals surface area contributed by atoms with Gasteiger partial charge in [0.15, 0.2) is 0 Å². The lowest BCUT2D eigenvalue weighted by Crippen LogP contribution is -2.43. The third kappa shape index (κ3) is 3.32. The van der Waals surface area contributed by atoms with E-state index in [2.05, 4.69) is 5.32 Å². The van der Waals surface area contributed by atoms with Gasteiger partial charge in [-0.15, -0.1) is 11.8 Å². The Morgan fingerprint density at radius 2 is 2.13 bits per heavy atom. The van der Waals surface area contributed by atoms with Crippen LogP contribution in [0.4, 0.5) is 10.1 Å². The van der Waals surface area contributed by atoms with Gasteiger partial charge in [-0.1, -0.05) is 6.07 Å². The predicted octanol–water partition coefficient (Wildman–Crippen LogP) is 2.23. The molecule has 0 aromatic heterocycles. The second-order valence-corrected chi connectivity index (χ2v) is 8.11. The van der Waals surface area contributed by atoms with Gasteiger partial charge in [-0.2, -0.15) is 0 Å². The molecule has 0 radical (unpaired) electrons. The molecule has 0 saturated carbocycles. The third-order valence-electron chi connectivity index (χ3n) is 4.31. The van der Waals surface area contributed by atoms with Crippen molar-refractivity contribution in [3.8, 4) is 0 Å². The van der Waals surface area contributed by atoms with Crippen LogP contribution in [-0.4, -0.2) is 48.2 Å². The molecular formula is C16H21FN2O3S. The highest BCUT2D eigenvalue weighted by Crippen LogP contribution is 2.46. The van der Waals surface area contributed by atoms with E-state index in [-0.39, 0.29) is 11.2 Å². The number of ether oxygens (including phenoxy) is 1. The van der Waals surface area contributed by atoms with Crippen LogP contribution in [0.3, 0.4) is 0 Å². The zero-order chi connectivity index (χ0) is 16.6. The van der Waals surface area contributed by atoms with Crippen molar-refractivity contribution in [3.05, 3.63) is 29.6 Å². The Kier molecular flexibility index (Phi) is 4.53. The molecule has 0 amide bonds. The van der Waals surface area contributed by atoms with E-state index < -0.39 is 16.8 Å². The molecule has 1 aromatic carbocycles. The molecule has 0 spiro atoms. The molecule has 2 aliphatic rings. The number of nitrogens with zero attached hydrogens (tertiary/aromatic N) is 1. The minimum atomic E-state index is -0.879. The lowest BCUT2D eigenvalue weighted by Gasteiger charge is -2.29. The van der Waals surface area contributed by atoms with Crippen LogP contribution in [0.1, 0.15) is 24.8 Å². The number of aliphatic carboxylic acids is 1. The van der Waals surface area contributed by atoms with Gasteiger partial charge in [0.25, 0.3) is 0 Å². The fourth-order valence-corrected chi connectivity index (χ4v) is 4.44. The highest BCUT2D eigenvalue weighted by molar-refractivity contribution is 8.01. The van der Waals surface area contributed by atoms with Gasteiger partial charge in [-0.05, 0) is 31.5 Å². The minimum Gasteiger partial charge on any atom is -0.480 e. The molecule has 1 unspecified atom stereocenters. The van der Waals surface area contributed by atoms with Gasteiger partial charge in [0, 0.05) is 17.8 Å². The Labute approximate surface area is 139 Å². The van der Waals surface area contributed by atoms with Crippen molar-refractivity contribution in [1.29, 1.82) is 0 Å². The number of rotatable bonds is 3. The average Bonchev–Trinajstić information content (AvgIpc) is 2.84. The Bertz CT molecular complexity index is 605. The molecule has 5 nitrogen and oxygen atoms in total. The Morgan fingerprint density at radius 1 is 1.43 bits per heavy atom. The fraction of sp³-hybridized carbons (Fsp3) is 0.562. The molecule has 3 rings (SSSR count). The molecule has 2 saturated heterocycles. The zero-order valence-corrected chi connectivity index (χ0v) is 14.0. The number of benzene rings is 1. The van der Waals surface area contributed by atoms with Gasteiger partial charge in [-0.25, -0.2) is 4.39 Å². The highest BCUT2D eigenvalue weighted by atomic mass is 32.2. The molecular weight excluding hydrogens is 319 g/mol. The third-order valence-corrected chi connectivity index (χ3v) is 5.80. The van der Waals surface area contributed by atoms with Crippen LogP contribution in [-0.2, 0) is 9.53 Å². The van der Waals surface area contributed by atoms with Crippen molar-refractivity contribution >= 4 is 23.4 Å². The van der Waals surface area contributed by atoms with Crippen LogP contribution >= 0.6 is 11.8 Å². The summed E-state index contributed by atoms with van der Waals surface area (Å²) in [6.07, 6.45) is 0. The van der Waals surface area contributed by atoms with Crippen LogP contribution in [0.15, 0.2) is 18.2 Å². The summed E-state index contributed by atoms with van der Waals surface area (Å²) in [5.41, 5.74) is 1.34. The molecule has 2 fully saturated rings. The van der Waals surface area contributed by atoms with Gasteiger partial charge in [0.2, 0.25) is 0 Å². The monoisotopic (exact) mass is 340 g/mol. The number of hydrogen-bond donors (Lipinski definition) is 2. The standard InChI is InChI=1S/C16H21FN2O3S/c1-16(2)13(15(20)21)18-14(23-16)10-3-4-12(11(17)9-10)19-5-7-22-8-6-19/h3-4,9,13-14,18H,5-8H2,1-2H3,(H,20,21)/t13-,14?/m0/s1. The van der Waals surface area contributed by atoms with E-state index in [9.17, 15) is 14.3 Å². The summed E-state index contributed by atoms with van der Waals surface area (Å²) in [6.45, 7) is 6.36. The molecule has 1 aromatic rings. The molecule has 2 N–H and O–H groups in total. The van der Waals surface area contributed by atoms with E-state index in [1.807, 2.05) is 24.8 Å². The number of halogens is 1. The van der Waals surface area contributed by atoms with Crippen molar-refractivity contribution in [1.82, 2.24) is 5.32 Å². The lowest BCUT2D eigenvalue weighted by atomic mass is 10.0. The van der Waals surface area contributed by atoms with Gasteiger partial charge >= 0.3 is 5.97 Å². The van der Waals surface area contributed by atoms with Crippen LogP contribution in [0, 0.1) is 5.82 Å². The Balaban J connectivity index is 1.79. The zero-order valence-electron chi connectivity index (χ0n) is 13.2. The van der Waals surface area contributed by atoms with E-state index >= 15 is 0 Å². The number of carbonyl (C=O) groups is 1. The first kappa shape index (κ1) is 16.5. The summed E-state index contributed by atoms with van der Waals surface area (Å²) < 4.78 is 19.3. The van der Waals surface area contributed by atoms with E-state index in [0.717, 1.165) is 5.56 Å². The maximum absolute atomic E-state index is 14.5. The predicted molar refractivity (Wildman–Crippen MR) is 88.4 cm³/mol. The summed E-state index contributed by atoms with van der Waals surface area (Å²) >= 11 is 1.52. The highest BCUT2D eigenvalue weighted by Gasteiger charge is 2.45. The number of anilines is 1. The number of carboxylic acids is 1. The topological polar surface area (TPSA) is 61.8 Å². The summed E-state index contributed by atoms with van der Waals surface area (Å²) in [5, 5.41) is 12.2. The largest absolute Gasteiger partial charge is 0.480 e. The average molecular weight is 340 g/mol. The van der Waals surface area contributed by atoms with E-state index in [1.54, 1.807) is 6.07 Å². The Hall–Kier alpha value is -1.31. The lowest BCUT2D eigenvalue weighted by molar-refractivity contribution is -0.139. The van der Waals surface area contributed by atoms with Crippen LogP contribution < -0.4 is 10.2 Å². The fourth-order valence-electron chi connectivity index (χ4n) is 3.04. The van der Waals surface area contributed by atoms with Crippen LogP contribution in [0.2, 0.25) is 0 Å².